The van der Waals surface area contributed by atoms with Crippen molar-refractivity contribution in [2.75, 3.05) is 6.61 Å². The topological polar surface area (TPSA) is 43.4 Å². The predicted octanol–water partition coefficient (Wildman–Crippen LogP) is 2.03. The molecule has 0 amide bonds. The van der Waals surface area contributed by atoms with Gasteiger partial charge in [-0.1, -0.05) is 26.0 Å². The Kier molecular flexibility index (Phi) is 6.37. The number of esters is 1. The fraction of sp³-hybridized carbons (Fsp3) is 0.455. The number of hydrogen-bond acceptors (Lipinski definition) is 3. The molecule has 0 N–H and O–H groups in total. The van der Waals surface area contributed by atoms with Gasteiger partial charge in [-0.05, 0) is 19.4 Å². The van der Waals surface area contributed by atoms with Crippen LogP contribution in [-0.2, 0) is 14.3 Å². The molecule has 78 valence electrons. The Labute approximate surface area is 84.4 Å². The zero-order valence-electron chi connectivity index (χ0n) is 8.71. The molecule has 0 aromatic heterocycles. The molecule has 0 saturated heterocycles. The van der Waals surface area contributed by atoms with Crippen molar-refractivity contribution >= 4 is 11.8 Å². The van der Waals surface area contributed by atoms with Crippen LogP contribution in [0.5, 0.6) is 0 Å². The molecule has 0 unspecified atom stereocenters. The van der Waals surface area contributed by atoms with Crippen LogP contribution in [0.1, 0.15) is 26.7 Å². The number of ketones is 1. The second-order valence-electron chi connectivity index (χ2n) is 2.76. The summed E-state index contributed by atoms with van der Waals surface area (Å²) < 4.78 is 4.88. The molecule has 3 heteroatoms. The Hall–Kier alpha value is -1.38. The zero-order valence-corrected chi connectivity index (χ0v) is 8.71. The van der Waals surface area contributed by atoms with Crippen LogP contribution in [0.25, 0.3) is 0 Å². The van der Waals surface area contributed by atoms with E-state index >= 15 is 0 Å². The molecule has 0 fully saturated rings. The Bertz CT molecular complexity index is 251. The van der Waals surface area contributed by atoms with Gasteiger partial charge < -0.3 is 4.74 Å². The van der Waals surface area contributed by atoms with Crippen molar-refractivity contribution in [2.24, 2.45) is 0 Å². The summed E-state index contributed by atoms with van der Waals surface area (Å²) in [6.45, 7) is 7.29. The fourth-order valence-electron chi connectivity index (χ4n) is 0.858. The minimum Gasteiger partial charge on any atom is -0.462 e. The minimum absolute atomic E-state index is 0.0519. The van der Waals surface area contributed by atoms with E-state index in [2.05, 4.69) is 6.58 Å². The van der Waals surface area contributed by atoms with Gasteiger partial charge in [0, 0.05) is 0 Å². The number of carbonyl (C=O) groups excluding carboxylic acids is 2. The largest absolute Gasteiger partial charge is 0.462 e. The number of ether oxygens (including phenoxy) is 1. The summed E-state index contributed by atoms with van der Waals surface area (Å²) in [6, 6.07) is 0. The standard InChI is InChI=1S/C11H16O3/c1-4-7-8-14-11(13)9(5-2)10(12)6-3/h5-6H,3-4,7-8H2,1-2H3. The van der Waals surface area contributed by atoms with Gasteiger partial charge >= 0.3 is 5.97 Å². The van der Waals surface area contributed by atoms with E-state index in [0.29, 0.717) is 6.61 Å². The quantitative estimate of drug-likeness (QED) is 0.215. The molecule has 0 aromatic carbocycles. The summed E-state index contributed by atoms with van der Waals surface area (Å²) in [5.41, 5.74) is 0.0519. The van der Waals surface area contributed by atoms with E-state index in [1.165, 1.54) is 6.08 Å². The lowest BCUT2D eigenvalue weighted by atomic mass is 10.1. The van der Waals surface area contributed by atoms with Gasteiger partial charge in [0.2, 0.25) is 0 Å². The molecule has 0 aromatic rings. The van der Waals surface area contributed by atoms with Crippen LogP contribution in [0.2, 0.25) is 0 Å². The minimum atomic E-state index is -0.564. The lowest BCUT2D eigenvalue weighted by Gasteiger charge is -2.04. The van der Waals surface area contributed by atoms with Crippen LogP contribution < -0.4 is 0 Å². The predicted molar refractivity (Wildman–Crippen MR) is 54.8 cm³/mol. The number of allylic oxidation sites excluding steroid dienone is 2. The third-order valence-corrected chi connectivity index (χ3v) is 1.69. The molecule has 0 rings (SSSR count). The Balaban J connectivity index is 4.20. The molecule has 0 bridgehead atoms. The Morgan fingerprint density at radius 2 is 2.07 bits per heavy atom. The van der Waals surface area contributed by atoms with Crippen LogP contribution in [0.3, 0.4) is 0 Å². The summed E-state index contributed by atoms with van der Waals surface area (Å²) in [5, 5.41) is 0. The number of rotatable bonds is 6. The van der Waals surface area contributed by atoms with Crippen molar-refractivity contribution < 1.29 is 14.3 Å². The molecule has 0 atom stereocenters. The summed E-state index contributed by atoms with van der Waals surface area (Å²) >= 11 is 0. The summed E-state index contributed by atoms with van der Waals surface area (Å²) in [7, 11) is 0. The molecule has 0 aliphatic carbocycles. The number of unbranched alkanes of at least 4 members (excludes halogenated alkanes) is 1. The van der Waals surface area contributed by atoms with Crippen molar-refractivity contribution in [1.82, 2.24) is 0 Å². The van der Waals surface area contributed by atoms with E-state index in [9.17, 15) is 9.59 Å². The first-order valence-corrected chi connectivity index (χ1v) is 4.67. The highest BCUT2D eigenvalue weighted by Crippen LogP contribution is 2.02. The average molecular weight is 196 g/mol. The third kappa shape index (κ3) is 4.03. The van der Waals surface area contributed by atoms with Crippen LogP contribution in [0, 0.1) is 0 Å². The Morgan fingerprint density at radius 1 is 1.43 bits per heavy atom. The first kappa shape index (κ1) is 12.6. The van der Waals surface area contributed by atoms with E-state index in [1.807, 2.05) is 6.92 Å². The van der Waals surface area contributed by atoms with Gasteiger partial charge in [-0.2, -0.15) is 0 Å². The molecule has 0 radical (unpaired) electrons. The van der Waals surface area contributed by atoms with Crippen LogP contribution in [0.4, 0.5) is 0 Å². The first-order chi connectivity index (χ1) is 6.67. The molecule has 3 nitrogen and oxygen atoms in total. The van der Waals surface area contributed by atoms with Gasteiger partial charge in [0.25, 0.3) is 0 Å². The van der Waals surface area contributed by atoms with Crippen molar-refractivity contribution in [1.29, 1.82) is 0 Å². The van der Waals surface area contributed by atoms with Crippen LogP contribution in [-0.4, -0.2) is 18.4 Å². The highest BCUT2D eigenvalue weighted by Gasteiger charge is 2.15. The van der Waals surface area contributed by atoms with Gasteiger partial charge in [-0.15, -0.1) is 0 Å². The summed E-state index contributed by atoms with van der Waals surface area (Å²) in [4.78, 5) is 22.4. The SMILES string of the molecule is C=CC(=O)C(=CC)C(=O)OCCCC. The van der Waals surface area contributed by atoms with Crippen LogP contribution >= 0.6 is 0 Å². The maximum Gasteiger partial charge on any atom is 0.341 e. The maximum atomic E-state index is 11.3. The normalized spacial score (nSPS) is 10.9. The van der Waals surface area contributed by atoms with Gasteiger partial charge in [0.05, 0.1) is 6.61 Å². The average Bonchev–Trinajstić information content (AvgIpc) is 2.19. The monoisotopic (exact) mass is 196 g/mol. The van der Waals surface area contributed by atoms with E-state index < -0.39 is 11.8 Å². The molecule has 0 saturated carbocycles. The highest BCUT2D eigenvalue weighted by molar-refractivity contribution is 6.21. The lowest BCUT2D eigenvalue weighted by molar-refractivity contribution is -0.140. The third-order valence-electron chi connectivity index (χ3n) is 1.69. The van der Waals surface area contributed by atoms with E-state index in [0.717, 1.165) is 18.9 Å². The smallest absolute Gasteiger partial charge is 0.341 e. The second kappa shape index (κ2) is 7.06. The fourth-order valence-corrected chi connectivity index (χ4v) is 0.858. The lowest BCUT2D eigenvalue weighted by Crippen LogP contribution is -2.14. The van der Waals surface area contributed by atoms with Crippen LogP contribution in [0.15, 0.2) is 24.3 Å². The van der Waals surface area contributed by atoms with Crippen molar-refractivity contribution in [3.63, 3.8) is 0 Å². The molecule has 0 aliphatic heterocycles. The molecular formula is C11H16O3. The first-order valence-electron chi connectivity index (χ1n) is 4.67. The molecule has 0 heterocycles. The van der Waals surface area contributed by atoms with Gasteiger partial charge in [-0.3, -0.25) is 4.79 Å². The van der Waals surface area contributed by atoms with Crippen molar-refractivity contribution in [3.05, 3.63) is 24.3 Å². The maximum absolute atomic E-state index is 11.3. The van der Waals surface area contributed by atoms with Gasteiger partial charge in [-0.25, -0.2) is 4.79 Å². The molecule has 0 aliphatic rings. The summed E-state index contributed by atoms with van der Waals surface area (Å²) in [5.74, 6) is -0.958. The number of hydrogen-bond donors (Lipinski definition) is 0. The Morgan fingerprint density at radius 3 is 2.50 bits per heavy atom. The molecule has 14 heavy (non-hydrogen) atoms. The van der Waals surface area contributed by atoms with Gasteiger partial charge in [0.15, 0.2) is 5.78 Å². The molecule has 0 spiro atoms. The second-order valence-corrected chi connectivity index (χ2v) is 2.76. The highest BCUT2D eigenvalue weighted by atomic mass is 16.5. The van der Waals surface area contributed by atoms with E-state index in [-0.39, 0.29) is 5.57 Å². The van der Waals surface area contributed by atoms with Crippen molar-refractivity contribution in [3.8, 4) is 0 Å². The van der Waals surface area contributed by atoms with Gasteiger partial charge in [0.1, 0.15) is 5.57 Å². The zero-order chi connectivity index (χ0) is 11.0. The van der Waals surface area contributed by atoms with Crippen molar-refractivity contribution in [2.45, 2.75) is 26.7 Å². The summed E-state index contributed by atoms with van der Waals surface area (Å²) in [6.07, 6.45) is 4.31. The number of carbonyl (C=O) groups is 2. The molecular weight excluding hydrogens is 180 g/mol. The van der Waals surface area contributed by atoms with E-state index in [1.54, 1.807) is 6.92 Å². The van der Waals surface area contributed by atoms with E-state index in [4.69, 9.17) is 4.74 Å².